The Labute approximate surface area is 137 Å². The lowest BCUT2D eigenvalue weighted by molar-refractivity contribution is -0.121. The van der Waals surface area contributed by atoms with Crippen LogP contribution in [0, 0.1) is 0 Å². The molecule has 0 aliphatic rings. The van der Waals surface area contributed by atoms with Gasteiger partial charge in [-0.1, -0.05) is 12.1 Å². The Kier molecular flexibility index (Phi) is 9.21. The average molecular weight is 329 g/mol. The molecule has 0 aliphatic carbocycles. The second-order valence-corrected chi connectivity index (χ2v) is 5.41. The number of benzene rings is 1. The van der Waals surface area contributed by atoms with Crippen molar-refractivity contribution in [2.24, 2.45) is 5.73 Å². The van der Waals surface area contributed by atoms with Crippen molar-refractivity contribution in [3.63, 3.8) is 0 Å². The minimum atomic E-state index is -0.233. The first kappa shape index (κ1) is 20.2. The Balaban J connectivity index is 0.00000441. The number of anilines is 1. The van der Waals surface area contributed by atoms with Gasteiger partial charge in [0.2, 0.25) is 5.91 Å². The van der Waals surface area contributed by atoms with E-state index in [1.165, 1.54) is 0 Å². The van der Waals surface area contributed by atoms with Crippen molar-refractivity contribution in [3.05, 3.63) is 29.8 Å². The quantitative estimate of drug-likeness (QED) is 0.643. The van der Waals surface area contributed by atoms with E-state index in [2.05, 4.69) is 16.0 Å². The smallest absolute Gasteiger partial charge is 0.319 e. The van der Waals surface area contributed by atoms with Gasteiger partial charge >= 0.3 is 6.03 Å². The molecule has 1 aromatic carbocycles. The van der Waals surface area contributed by atoms with Crippen LogP contribution in [0.2, 0.25) is 0 Å². The van der Waals surface area contributed by atoms with Crippen molar-refractivity contribution >= 4 is 30.0 Å². The van der Waals surface area contributed by atoms with Crippen LogP contribution in [0.25, 0.3) is 0 Å². The van der Waals surface area contributed by atoms with Gasteiger partial charge in [-0.2, -0.15) is 0 Å². The molecular formula is C15H25ClN4O2. The van der Waals surface area contributed by atoms with Crippen LogP contribution < -0.4 is 21.7 Å². The van der Waals surface area contributed by atoms with Gasteiger partial charge in [0.15, 0.2) is 0 Å². The summed E-state index contributed by atoms with van der Waals surface area (Å²) in [6.07, 6.45) is 0.314. The van der Waals surface area contributed by atoms with Gasteiger partial charge in [0.1, 0.15) is 0 Å². The van der Waals surface area contributed by atoms with E-state index in [-0.39, 0.29) is 36.4 Å². The van der Waals surface area contributed by atoms with E-state index >= 15 is 0 Å². The molecule has 5 N–H and O–H groups in total. The predicted molar refractivity (Wildman–Crippen MR) is 91.1 cm³/mol. The van der Waals surface area contributed by atoms with E-state index in [9.17, 15) is 9.59 Å². The molecule has 0 spiro atoms. The minimum absolute atomic E-state index is 0. The summed E-state index contributed by atoms with van der Waals surface area (Å²) in [5.74, 6) is -0.0662. The summed E-state index contributed by atoms with van der Waals surface area (Å²) in [6, 6.07) is 7.03. The molecule has 124 valence electrons. The molecule has 1 atom stereocenters. The van der Waals surface area contributed by atoms with Crippen molar-refractivity contribution in [1.82, 2.24) is 10.6 Å². The molecule has 1 unspecified atom stereocenters. The zero-order chi connectivity index (χ0) is 15.8. The third-order valence-corrected chi connectivity index (χ3v) is 2.63. The second-order valence-electron chi connectivity index (χ2n) is 5.41. The Morgan fingerprint density at radius 1 is 1.14 bits per heavy atom. The summed E-state index contributed by atoms with van der Waals surface area (Å²) in [5, 5.41) is 8.28. The monoisotopic (exact) mass is 328 g/mol. The number of carbonyl (C=O) groups is 2. The average Bonchev–Trinajstić information content (AvgIpc) is 2.36. The van der Waals surface area contributed by atoms with Gasteiger partial charge in [0, 0.05) is 30.7 Å². The van der Waals surface area contributed by atoms with Gasteiger partial charge in [0.05, 0.1) is 0 Å². The SMILES string of the molecule is CC(N)CC(=O)NCc1ccc(NC(=O)NC(C)C)cc1.Cl. The first-order chi connectivity index (χ1) is 9.86. The molecule has 0 aromatic heterocycles. The molecule has 1 rings (SSSR count). The number of nitrogens with two attached hydrogens (primary N) is 1. The molecule has 0 fully saturated rings. The highest BCUT2D eigenvalue weighted by Gasteiger charge is 2.05. The molecule has 0 radical (unpaired) electrons. The van der Waals surface area contributed by atoms with E-state index in [1.807, 2.05) is 26.0 Å². The lowest BCUT2D eigenvalue weighted by atomic mass is 10.2. The molecule has 0 saturated heterocycles. The molecule has 0 bridgehead atoms. The summed E-state index contributed by atoms with van der Waals surface area (Å²) in [4.78, 5) is 23.0. The Morgan fingerprint density at radius 2 is 1.73 bits per heavy atom. The van der Waals surface area contributed by atoms with Crippen molar-refractivity contribution in [3.8, 4) is 0 Å². The molecule has 6 nitrogen and oxygen atoms in total. The number of hydrogen-bond donors (Lipinski definition) is 4. The maximum absolute atomic E-state index is 11.5. The number of carbonyl (C=O) groups excluding carboxylic acids is 2. The van der Waals surface area contributed by atoms with E-state index in [0.717, 1.165) is 5.56 Å². The maximum atomic E-state index is 11.5. The second kappa shape index (κ2) is 10.0. The van der Waals surface area contributed by atoms with Gasteiger partial charge in [-0.05, 0) is 38.5 Å². The summed E-state index contributed by atoms with van der Waals surface area (Å²) < 4.78 is 0. The van der Waals surface area contributed by atoms with E-state index in [1.54, 1.807) is 19.1 Å². The summed E-state index contributed by atoms with van der Waals surface area (Å²) in [5.41, 5.74) is 7.22. The molecular weight excluding hydrogens is 304 g/mol. The lowest BCUT2D eigenvalue weighted by Gasteiger charge is -2.11. The number of rotatable bonds is 6. The van der Waals surface area contributed by atoms with Crippen LogP contribution in [-0.2, 0) is 11.3 Å². The summed E-state index contributed by atoms with van der Waals surface area (Å²) in [7, 11) is 0. The van der Waals surface area contributed by atoms with Crippen LogP contribution >= 0.6 is 12.4 Å². The number of urea groups is 1. The number of nitrogens with one attached hydrogen (secondary N) is 3. The maximum Gasteiger partial charge on any atom is 0.319 e. The first-order valence-electron chi connectivity index (χ1n) is 7.05. The number of amides is 3. The van der Waals surface area contributed by atoms with E-state index in [4.69, 9.17) is 5.73 Å². The van der Waals surface area contributed by atoms with Crippen LogP contribution in [0.4, 0.5) is 10.5 Å². The molecule has 3 amide bonds. The molecule has 22 heavy (non-hydrogen) atoms. The van der Waals surface area contributed by atoms with Crippen LogP contribution in [0.3, 0.4) is 0 Å². The fraction of sp³-hybridized carbons (Fsp3) is 0.467. The van der Waals surface area contributed by atoms with E-state index in [0.29, 0.717) is 18.7 Å². The topological polar surface area (TPSA) is 96.2 Å². The Morgan fingerprint density at radius 3 is 2.23 bits per heavy atom. The summed E-state index contributed by atoms with van der Waals surface area (Å²) in [6.45, 7) is 6.04. The molecule has 0 saturated carbocycles. The highest BCUT2D eigenvalue weighted by atomic mass is 35.5. The van der Waals surface area contributed by atoms with Crippen LogP contribution in [0.15, 0.2) is 24.3 Å². The van der Waals surface area contributed by atoms with Gasteiger partial charge < -0.3 is 21.7 Å². The van der Waals surface area contributed by atoms with Crippen molar-refractivity contribution in [1.29, 1.82) is 0 Å². The standard InChI is InChI=1S/C15H24N4O2.ClH/c1-10(2)18-15(21)19-13-6-4-12(5-7-13)9-17-14(20)8-11(3)16;/h4-7,10-11H,8-9,16H2,1-3H3,(H,17,20)(H2,18,19,21);1H. The van der Waals surface area contributed by atoms with Crippen LogP contribution in [0.5, 0.6) is 0 Å². The normalized spacial score (nSPS) is 11.3. The summed E-state index contributed by atoms with van der Waals surface area (Å²) >= 11 is 0. The van der Waals surface area contributed by atoms with Crippen LogP contribution in [-0.4, -0.2) is 24.0 Å². The molecule has 7 heteroatoms. The molecule has 0 aliphatic heterocycles. The zero-order valence-corrected chi connectivity index (χ0v) is 14.0. The van der Waals surface area contributed by atoms with Crippen molar-refractivity contribution in [2.45, 2.75) is 45.8 Å². The van der Waals surface area contributed by atoms with Gasteiger partial charge in [0.25, 0.3) is 0 Å². The predicted octanol–water partition coefficient (Wildman–Crippen LogP) is 1.99. The van der Waals surface area contributed by atoms with Crippen LogP contribution in [0.1, 0.15) is 32.8 Å². The fourth-order valence-electron chi connectivity index (χ4n) is 1.70. The highest BCUT2D eigenvalue weighted by Crippen LogP contribution is 2.09. The third kappa shape index (κ3) is 8.49. The third-order valence-electron chi connectivity index (χ3n) is 2.63. The lowest BCUT2D eigenvalue weighted by Crippen LogP contribution is -2.34. The Hall–Kier alpha value is -1.79. The Bertz CT molecular complexity index is 475. The molecule has 0 heterocycles. The number of hydrogen-bond acceptors (Lipinski definition) is 3. The van der Waals surface area contributed by atoms with Gasteiger partial charge in [-0.3, -0.25) is 4.79 Å². The van der Waals surface area contributed by atoms with Gasteiger partial charge in [-0.25, -0.2) is 4.79 Å². The van der Waals surface area contributed by atoms with Gasteiger partial charge in [-0.15, -0.1) is 12.4 Å². The van der Waals surface area contributed by atoms with Crippen molar-refractivity contribution < 1.29 is 9.59 Å². The number of halogens is 1. The molecule has 1 aromatic rings. The largest absolute Gasteiger partial charge is 0.352 e. The highest BCUT2D eigenvalue weighted by molar-refractivity contribution is 5.89. The fourth-order valence-corrected chi connectivity index (χ4v) is 1.70. The van der Waals surface area contributed by atoms with E-state index < -0.39 is 0 Å². The van der Waals surface area contributed by atoms with Crippen molar-refractivity contribution in [2.75, 3.05) is 5.32 Å². The zero-order valence-electron chi connectivity index (χ0n) is 13.2. The minimum Gasteiger partial charge on any atom is -0.352 e. The first-order valence-corrected chi connectivity index (χ1v) is 7.05.